The third-order valence-corrected chi connectivity index (χ3v) is 5.18. The van der Waals surface area contributed by atoms with Gasteiger partial charge in [-0.2, -0.15) is 18.4 Å². The Morgan fingerprint density at radius 1 is 1.15 bits per heavy atom. The van der Waals surface area contributed by atoms with Crippen LogP contribution in [0, 0.1) is 17.1 Å². The number of hydrogen-bond acceptors (Lipinski definition) is 3. The van der Waals surface area contributed by atoms with Crippen molar-refractivity contribution >= 4 is 29.3 Å². The molecule has 0 spiro atoms. The van der Waals surface area contributed by atoms with E-state index in [2.05, 4.69) is 5.32 Å². The van der Waals surface area contributed by atoms with Gasteiger partial charge in [-0.3, -0.25) is 4.79 Å². The Balaban J connectivity index is 1.88. The van der Waals surface area contributed by atoms with Crippen molar-refractivity contribution in [2.24, 2.45) is 0 Å². The Labute approximate surface area is 198 Å². The summed E-state index contributed by atoms with van der Waals surface area (Å²) in [6.07, 6.45) is -3.20. The molecule has 9 heteroatoms. The second-order valence-corrected chi connectivity index (χ2v) is 7.56. The first-order valence-corrected chi connectivity index (χ1v) is 10.2. The summed E-state index contributed by atoms with van der Waals surface area (Å²) in [5, 5.41) is 11.9. The minimum absolute atomic E-state index is 0.114. The first-order chi connectivity index (χ1) is 16.1. The number of hydrogen-bond donors (Lipinski definition) is 1. The number of alkyl halides is 3. The standard InChI is InChI=1S/C25H17ClF4N2O2/c1-34-23-11-15(10-21(26)20(23)12-16-5-2-3-8-22(16)27)9-17(14-31)24(33)32-19-7-4-6-18(13-19)25(28,29)30/h2-11,13H,12H2,1H3,(H,32,33)/b17-9+. The molecule has 0 aliphatic carbocycles. The molecule has 0 heterocycles. The molecule has 0 aliphatic rings. The monoisotopic (exact) mass is 488 g/mol. The molecule has 0 aromatic heterocycles. The number of ether oxygens (including phenoxy) is 1. The highest BCUT2D eigenvalue weighted by Crippen LogP contribution is 2.33. The van der Waals surface area contributed by atoms with Crippen LogP contribution in [0.1, 0.15) is 22.3 Å². The average molecular weight is 489 g/mol. The van der Waals surface area contributed by atoms with E-state index in [1.807, 2.05) is 0 Å². The van der Waals surface area contributed by atoms with Gasteiger partial charge in [0.05, 0.1) is 12.7 Å². The molecular formula is C25H17ClF4N2O2. The summed E-state index contributed by atoms with van der Waals surface area (Å²) >= 11 is 6.39. The fourth-order valence-electron chi connectivity index (χ4n) is 3.19. The third kappa shape index (κ3) is 5.94. The van der Waals surface area contributed by atoms with Crippen LogP contribution in [0.15, 0.2) is 66.2 Å². The highest BCUT2D eigenvalue weighted by Gasteiger charge is 2.30. The van der Waals surface area contributed by atoms with Crippen molar-refractivity contribution in [1.29, 1.82) is 5.26 Å². The van der Waals surface area contributed by atoms with E-state index in [1.54, 1.807) is 24.3 Å². The largest absolute Gasteiger partial charge is 0.496 e. The molecule has 0 saturated heterocycles. The molecule has 1 amide bonds. The highest BCUT2D eigenvalue weighted by molar-refractivity contribution is 6.31. The predicted octanol–water partition coefficient (Wildman–Crippen LogP) is 6.64. The number of carbonyl (C=O) groups is 1. The van der Waals surface area contributed by atoms with E-state index in [-0.39, 0.29) is 22.7 Å². The molecule has 0 atom stereocenters. The van der Waals surface area contributed by atoms with Gasteiger partial charge < -0.3 is 10.1 Å². The number of rotatable bonds is 6. The quantitative estimate of drug-likeness (QED) is 0.240. The van der Waals surface area contributed by atoms with Crippen molar-refractivity contribution in [3.05, 3.63) is 99.3 Å². The number of amides is 1. The summed E-state index contributed by atoms with van der Waals surface area (Å²) in [6.45, 7) is 0. The summed E-state index contributed by atoms with van der Waals surface area (Å²) < 4.78 is 58.1. The van der Waals surface area contributed by atoms with Gasteiger partial charge in [-0.25, -0.2) is 4.39 Å². The van der Waals surface area contributed by atoms with Crippen LogP contribution < -0.4 is 10.1 Å². The maximum atomic E-state index is 14.1. The van der Waals surface area contributed by atoms with E-state index in [1.165, 1.54) is 37.5 Å². The average Bonchev–Trinajstić information content (AvgIpc) is 2.79. The number of methoxy groups -OCH3 is 1. The lowest BCUT2D eigenvalue weighted by Gasteiger charge is -2.13. The lowest BCUT2D eigenvalue weighted by molar-refractivity contribution is -0.137. The minimum Gasteiger partial charge on any atom is -0.496 e. The fourth-order valence-corrected chi connectivity index (χ4v) is 3.47. The summed E-state index contributed by atoms with van der Waals surface area (Å²) in [5.41, 5.74) is -0.152. The zero-order valence-corrected chi connectivity index (χ0v) is 18.5. The second-order valence-electron chi connectivity index (χ2n) is 7.15. The summed E-state index contributed by atoms with van der Waals surface area (Å²) in [5.74, 6) is -0.979. The summed E-state index contributed by atoms with van der Waals surface area (Å²) in [7, 11) is 1.40. The molecule has 174 valence electrons. The van der Waals surface area contributed by atoms with Crippen molar-refractivity contribution < 1.29 is 27.1 Å². The van der Waals surface area contributed by atoms with Crippen molar-refractivity contribution in [1.82, 2.24) is 0 Å². The SMILES string of the molecule is COc1cc(/C=C(\C#N)C(=O)Nc2cccc(C(F)(F)F)c2)cc(Cl)c1Cc1ccccc1F. The topological polar surface area (TPSA) is 62.1 Å². The van der Waals surface area contributed by atoms with Gasteiger partial charge in [-0.1, -0.05) is 35.9 Å². The normalized spacial score (nSPS) is 11.6. The number of carbonyl (C=O) groups excluding carboxylic acids is 1. The van der Waals surface area contributed by atoms with Crippen molar-refractivity contribution in [3.8, 4) is 11.8 Å². The van der Waals surface area contributed by atoms with E-state index >= 15 is 0 Å². The molecule has 34 heavy (non-hydrogen) atoms. The van der Waals surface area contributed by atoms with Crippen LogP contribution in [0.5, 0.6) is 5.75 Å². The van der Waals surface area contributed by atoms with E-state index < -0.39 is 23.5 Å². The van der Waals surface area contributed by atoms with Crippen LogP contribution in [0.4, 0.5) is 23.2 Å². The van der Waals surface area contributed by atoms with Crippen molar-refractivity contribution in [2.45, 2.75) is 12.6 Å². The number of anilines is 1. The molecular weight excluding hydrogens is 472 g/mol. The fraction of sp³-hybridized carbons (Fsp3) is 0.120. The third-order valence-electron chi connectivity index (χ3n) is 4.85. The first kappa shape index (κ1) is 24.8. The molecule has 3 rings (SSSR count). The van der Waals surface area contributed by atoms with Crippen LogP contribution in [0.25, 0.3) is 6.08 Å². The predicted molar refractivity (Wildman–Crippen MR) is 121 cm³/mol. The number of nitriles is 1. The van der Waals surface area contributed by atoms with Crippen LogP contribution in [-0.2, 0) is 17.4 Å². The molecule has 0 fully saturated rings. The smallest absolute Gasteiger partial charge is 0.416 e. The number of nitrogens with zero attached hydrogens (tertiary/aromatic N) is 1. The molecule has 0 bridgehead atoms. The molecule has 3 aromatic carbocycles. The van der Waals surface area contributed by atoms with E-state index in [9.17, 15) is 27.6 Å². The maximum Gasteiger partial charge on any atom is 0.416 e. The molecule has 0 aliphatic heterocycles. The second kappa shape index (κ2) is 10.4. The van der Waals surface area contributed by atoms with Crippen molar-refractivity contribution in [3.63, 3.8) is 0 Å². The van der Waals surface area contributed by atoms with Gasteiger partial charge in [0.2, 0.25) is 0 Å². The molecule has 0 unspecified atom stereocenters. The zero-order chi connectivity index (χ0) is 24.9. The lowest BCUT2D eigenvalue weighted by atomic mass is 10.0. The van der Waals surface area contributed by atoms with Gasteiger partial charge in [0.25, 0.3) is 5.91 Å². The Bertz CT molecular complexity index is 1300. The molecule has 0 saturated carbocycles. The van der Waals surface area contributed by atoms with Crippen LogP contribution >= 0.6 is 11.6 Å². The van der Waals surface area contributed by atoms with Gasteiger partial charge >= 0.3 is 6.18 Å². The number of nitrogens with one attached hydrogen (secondary N) is 1. The van der Waals surface area contributed by atoms with E-state index in [4.69, 9.17) is 16.3 Å². The summed E-state index contributed by atoms with van der Waals surface area (Å²) in [4.78, 5) is 12.5. The molecule has 1 N–H and O–H groups in total. The van der Waals surface area contributed by atoms with Crippen LogP contribution in [0.2, 0.25) is 5.02 Å². The lowest BCUT2D eigenvalue weighted by Crippen LogP contribution is -2.14. The van der Waals surface area contributed by atoms with Crippen LogP contribution in [0.3, 0.4) is 0 Å². The minimum atomic E-state index is -4.58. The first-order valence-electron chi connectivity index (χ1n) is 9.82. The van der Waals surface area contributed by atoms with Crippen molar-refractivity contribution in [2.75, 3.05) is 12.4 Å². The van der Waals surface area contributed by atoms with Gasteiger partial charge in [0.15, 0.2) is 0 Å². The summed E-state index contributed by atoms with van der Waals surface area (Å²) in [6, 6.07) is 15.0. The van der Waals surface area contributed by atoms with Gasteiger partial charge in [-0.15, -0.1) is 0 Å². The van der Waals surface area contributed by atoms with Gasteiger partial charge in [0, 0.05) is 22.7 Å². The molecule has 4 nitrogen and oxygen atoms in total. The highest BCUT2D eigenvalue weighted by atomic mass is 35.5. The number of halogens is 5. The number of benzene rings is 3. The van der Waals surface area contributed by atoms with Gasteiger partial charge in [0.1, 0.15) is 23.2 Å². The zero-order valence-electron chi connectivity index (χ0n) is 17.7. The Hall–Kier alpha value is -3.83. The Morgan fingerprint density at radius 2 is 1.88 bits per heavy atom. The van der Waals surface area contributed by atoms with E-state index in [0.29, 0.717) is 22.4 Å². The van der Waals surface area contributed by atoms with Gasteiger partial charge in [-0.05, 0) is 53.6 Å². The molecule has 3 aromatic rings. The molecule has 0 radical (unpaired) electrons. The van der Waals surface area contributed by atoms with E-state index in [0.717, 1.165) is 18.2 Å². The van der Waals surface area contributed by atoms with Crippen LogP contribution in [-0.4, -0.2) is 13.0 Å². The Morgan fingerprint density at radius 3 is 2.53 bits per heavy atom. The Kier molecular flexibility index (Phi) is 7.59. The maximum absolute atomic E-state index is 14.1.